The second kappa shape index (κ2) is 18.5. The minimum Gasteiger partial charge on any atom is -0.469 e. The van der Waals surface area contributed by atoms with Crippen LogP contribution in [0.2, 0.25) is 0 Å². The Labute approximate surface area is 222 Å². The van der Waals surface area contributed by atoms with Crippen molar-refractivity contribution in [2.45, 2.75) is 107 Å². The van der Waals surface area contributed by atoms with E-state index in [0.717, 1.165) is 50.2 Å². The van der Waals surface area contributed by atoms with Gasteiger partial charge in [0.1, 0.15) is 5.60 Å². The lowest BCUT2D eigenvalue weighted by atomic mass is 9.88. The molecule has 1 saturated heterocycles. The van der Waals surface area contributed by atoms with Gasteiger partial charge in [-0.25, -0.2) is 0 Å². The van der Waals surface area contributed by atoms with Crippen LogP contribution in [0.15, 0.2) is 18.3 Å². The maximum Gasteiger partial charge on any atom is 0.302 e. The van der Waals surface area contributed by atoms with E-state index in [1.165, 1.54) is 50.0 Å². The molecule has 0 radical (unpaired) electrons. The number of hydrogen-bond acceptors (Lipinski definition) is 5. The number of rotatable bonds is 11. The molecule has 1 aromatic heterocycles. The van der Waals surface area contributed by atoms with E-state index in [2.05, 4.69) is 84.2 Å². The fourth-order valence-corrected chi connectivity index (χ4v) is 3.46. The Morgan fingerprint density at radius 3 is 2.08 bits per heavy atom. The van der Waals surface area contributed by atoms with Crippen LogP contribution in [0.25, 0.3) is 5.57 Å². The molecule has 2 heterocycles. The monoisotopic (exact) mass is 505 g/mol. The van der Waals surface area contributed by atoms with Gasteiger partial charge in [-0.3, -0.25) is 9.78 Å². The lowest BCUT2D eigenvalue weighted by Gasteiger charge is -2.44. The lowest BCUT2D eigenvalue weighted by Crippen LogP contribution is -2.56. The summed E-state index contributed by atoms with van der Waals surface area (Å²) in [6.07, 6.45) is 10.3. The van der Waals surface area contributed by atoms with Crippen molar-refractivity contribution in [1.82, 2.24) is 4.98 Å². The number of hydrogen-bond donors (Lipinski definition) is 0. The Hall–Kier alpha value is -1.72. The van der Waals surface area contributed by atoms with Gasteiger partial charge in [0, 0.05) is 25.4 Å². The predicted molar refractivity (Wildman–Crippen MR) is 152 cm³/mol. The highest BCUT2D eigenvalue weighted by Crippen LogP contribution is 2.30. The molecule has 36 heavy (non-hydrogen) atoms. The highest BCUT2D eigenvalue weighted by molar-refractivity contribution is 5.66. The van der Waals surface area contributed by atoms with Crippen LogP contribution in [-0.2, 0) is 19.0 Å². The maximum absolute atomic E-state index is 9.59. The zero-order valence-electron chi connectivity index (χ0n) is 25.2. The summed E-state index contributed by atoms with van der Waals surface area (Å²) in [5.41, 5.74) is 5.21. The van der Waals surface area contributed by atoms with Crippen LogP contribution < -0.4 is 0 Å². The van der Waals surface area contributed by atoms with Gasteiger partial charge in [0.05, 0.1) is 20.3 Å². The summed E-state index contributed by atoms with van der Waals surface area (Å²) in [5.74, 6) is 1.84. The summed E-state index contributed by atoms with van der Waals surface area (Å²) in [6, 6.07) is 2.27. The number of carbonyl (C=O) groups is 1. The first-order chi connectivity index (χ1) is 17.0. The molecule has 5 heteroatoms. The fraction of sp³-hybridized carbons (Fsp3) is 0.742. The third-order valence-corrected chi connectivity index (χ3v) is 7.16. The molecule has 1 fully saturated rings. The largest absolute Gasteiger partial charge is 0.469 e. The van der Waals surface area contributed by atoms with Gasteiger partial charge in [-0.05, 0) is 73.6 Å². The van der Waals surface area contributed by atoms with E-state index >= 15 is 0 Å². The molecule has 5 nitrogen and oxygen atoms in total. The fourth-order valence-electron chi connectivity index (χ4n) is 3.46. The number of esters is 1. The molecule has 2 atom stereocenters. The Balaban J connectivity index is 0.000000581. The van der Waals surface area contributed by atoms with E-state index < -0.39 is 0 Å². The normalized spacial score (nSPS) is 16.1. The number of allylic oxidation sites excluding steroid dienone is 2. The number of ether oxygens (including phenoxy) is 3. The molecule has 0 saturated carbocycles. The SMILES string of the molecule is CC/C=C(\CC(C)CC)c1cnc(C)c(C)c1.CCC(C)CCOC1(C(C)C)COC1.COC(C)=O. The molecule has 2 rings (SSSR count). The third-order valence-electron chi connectivity index (χ3n) is 7.16. The number of carbonyl (C=O) groups excluding carboxylic acids is 1. The first kappa shape index (κ1) is 34.3. The summed E-state index contributed by atoms with van der Waals surface area (Å²) in [4.78, 5) is 14.1. The highest BCUT2D eigenvalue weighted by atomic mass is 16.6. The zero-order chi connectivity index (χ0) is 27.7. The summed E-state index contributed by atoms with van der Waals surface area (Å²) in [6.45, 7) is 23.7. The summed E-state index contributed by atoms with van der Waals surface area (Å²) >= 11 is 0. The van der Waals surface area contributed by atoms with Crippen LogP contribution in [0.1, 0.15) is 104 Å². The molecule has 0 aliphatic carbocycles. The number of aryl methyl sites for hydroxylation is 2. The topological polar surface area (TPSA) is 57.6 Å². The smallest absolute Gasteiger partial charge is 0.302 e. The molecule has 0 amide bonds. The molecule has 0 bridgehead atoms. The average Bonchev–Trinajstić information content (AvgIpc) is 2.82. The minimum absolute atomic E-state index is 0.0352. The number of methoxy groups -OCH3 is 1. The van der Waals surface area contributed by atoms with Gasteiger partial charge in [0.2, 0.25) is 0 Å². The minimum atomic E-state index is -0.245. The highest BCUT2D eigenvalue weighted by Gasteiger charge is 2.42. The van der Waals surface area contributed by atoms with Gasteiger partial charge in [0.15, 0.2) is 0 Å². The zero-order valence-corrected chi connectivity index (χ0v) is 25.2. The molecule has 1 aliphatic rings. The van der Waals surface area contributed by atoms with Crippen LogP contribution in [0.4, 0.5) is 0 Å². The van der Waals surface area contributed by atoms with E-state index in [0.29, 0.717) is 5.92 Å². The maximum atomic E-state index is 9.59. The van der Waals surface area contributed by atoms with Crippen molar-refractivity contribution in [2.24, 2.45) is 17.8 Å². The first-order valence-electron chi connectivity index (χ1n) is 13.8. The summed E-state index contributed by atoms with van der Waals surface area (Å²) in [5, 5.41) is 0. The van der Waals surface area contributed by atoms with Crippen molar-refractivity contribution in [2.75, 3.05) is 26.9 Å². The van der Waals surface area contributed by atoms with E-state index in [-0.39, 0.29) is 11.6 Å². The standard InChI is InChI=1S/C16H25N.C12H24O2.C3H6O2/c1-6-8-15(9-12(3)7-2)16-10-13(4)14(5)17-11-16;1-5-11(4)6-7-14-12(10(2)3)8-13-9-12;1-3(4)5-2/h8,10-12H,6-7,9H2,1-5H3;10-11H,5-9H2,1-4H3;1-2H3/b15-8+;;. The second-order valence-electron chi connectivity index (χ2n) is 10.5. The van der Waals surface area contributed by atoms with Crippen LogP contribution >= 0.6 is 0 Å². The Morgan fingerprint density at radius 1 is 1.11 bits per heavy atom. The van der Waals surface area contributed by atoms with Gasteiger partial charge in [0.25, 0.3) is 0 Å². The number of nitrogens with zero attached hydrogens (tertiary/aromatic N) is 1. The average molecular weight is 506 g/mol. The lowest BCUT2D eigenvalue weighted by molar-refractivity contribution is -0.231. The van der Waals surface area contributed by atoms with Gasteiger partial charge < -0.3 is 14.2 Å². The summed E-state index contributed by atoms with van der Waals surface area (Å²) in [7, 11) is 1.35. The van der Waals surface area contributed by atoms with Crippen molar-refractivity contribution in [1.29, 1.82) is 0 Å². The van der Waals surface area contributed by atoms with Crippen molar-refractivity contribution >= 4 is 11.5 Å². The van der Waals surface area contributed by atoms with Crippen molar-refractivity contribution in [3.8, 4) is 0 Å². The molecule has 1 aromatic rings. The van der Waals surface area contributed by atoms with Crippen LogP contribution in [0, 0.1) is 31.6 Å². The van der Waals surface area contributed by atoms with E-state index in [1.54, 1.807) is 0 Å². The van der Waals surface area contributed by atoms with Gasteiger partial charge in [-0.2, -0.15) is 0 Å². The van der Waals surface area contributed by atoms with E-state index in [1.807, 2.05) is 6.20 Å². The van der Waals surface area contributed by atoms with Crippen molar-refractivity contribution < 1.29 is 19.0 Å². The molecule has 0 N–H and O–H groups in total. The molecular weight excluding hydrogens is 450 g/mol. The molecular formula is C31H55NO4. The van der Waals surface area contributed by atoms with Crippen molar-refractivity contribution in [3.63, 3.8) is 0 Å². The van der Waals surface area contributed by atoms with E-state index in [4.69, 9.17) is 9.47 Å². The second-order valence-corrected chi connectivity index (χ2v) is 10.5. The van der Waals surface area contributed by atoms with Gasteiger partial charge in [-0.15, -0.1) is 0 Å². The van der Waals surface area contributed by atoms with Gasteiger partial charge >= 0.3 is 5.97 Å². The number of pyridine rings is 1. The Bertz CT molecular complexity index is 768. The van der Waals surface area contributed by atoms with E-state index in [9.17, 15) is 4.79 Å². The van der Waals surface area contributed by atoms with Gasteiger partial charge in [-0.1, -0.05) is 67.4 Å². The summed E-state index contributed by atoms with van der Waals surface area (Å²) < 4.78 is 15.3. The van der Waals surface area contributed by atoms with Crippen LogP contribution in [0.3, 0.4) is 0 Å². The first-order valence-corrected chi connectivity index (χ1v) is 13.8. The molecule has 208 valence electrons. The predicted octanol–water partition coefficient (Wildman–Crippen LogP) is 7.97. The number of aromatic nitrogens is 1. The Morgan fingerprint density at radius 2 is 1.69 bits per heavy atom. The molecule has 1 aliphatic heterocycles. The van der Waals surface area contributed by atoms with Crippen LogP contribution in [-0.4, -0.2) is 43.5 Å². The molecule has 0 aromatic carbocycles. The molecule has 2 unspecified atom stereocenters. The molecule has 0 spiro atoms. The third kappa shape index (κ3) is 13.0. The van der Waals surface area contributed by atoms with Crippen molar-refractivity contribution in [3.05, 3.63) is 35.2 Å². The quantitative estimate of drug-likeness (QED) is 0.285. The Kier molecular flexibility index (Phi) is 17.6. The van der Waals surface area contributed by atoms with Crippen LogP contribution in [0.5, 0.6) is 0 Å².